The van der Waals surface area contributed by atoms with E-state index in [2.05, 4.69) is 25.3 Å². The largest absolute Gasteiger partial charge is 0.444 e. The topological polar surface area (TPSA) is 127 Å². The lowest BCUT2D eigenvalue weighted by atomic mass is 9.99. The van der Waals surface area contributed by atoms with E-state index in [0.717, 1.165) is 29.4 Å². The summed E-state index contributed by atoms with van der Waals surface area (Å²) >= 11 is 0. The number of aryl methyl sites for hydroxylation is 2. The number of Topliss-reactive ketones (excluding diaryl/α,β-unsaturated/α-hetero) is 2. The second kappa shape index (κ2) is 20.3. The average Bonchev–Trinajstić information content (AvgIpc) is 3.79. The number of nitrogens with zero attached hydrogens (tertiary/aromatic N) is 5. The van der Waals surface area contributed by atoms with Crippen molar-refractivity contribution in [2.45, 2.75) is 102 Å². The molecule has 0 saturated carbocycles. The van der Waals surface area contributed by atoms with Crippen LogP contribution in [0.5, 0.6) is 0 Å². The predicted octanol–water partition coefficient (Wildman–Crippen LogP) is 9.08. The Bertz CT molecular complexity index is 2190. The van der Waals surface area contributed by atoms with E-state index in [1.807, 2.05) is 0 Å². The first-order chi connectivity index (χ1) is 28.5. The van der Waals surface area contributed by atoms with E-state index in [4.69, 9.17) is 4.74 Å². The minimum Gasteiger partial charge on any atom is -0.444 e. The molecule has 4 atom stereocenters. The molecule has 2 saturated heterocycles. The van der Waals surface area contributed by atoms with Gasteiger partial charge in [0, 0.05) is 30.5 Å². The normalized spacial score (nSPS) is 19.0. The number of aromatic nitrogens is 4. The number of likely N-dealkylation sites (tertiary alicyclic amines) is 1. The lowest BCUT2D eigenvalue weighted by molar-refractivity contribution is -0.142. The summed E-state index contributed by atoms with van der Waals surface area (Å²) in [4.78, 5) is 52.3. The Hall–Kier alpha value is -5.24. The van der Waals surface area contributed by atoms with Gasteiger partial charge >= 0.3 is 18.4 Å². The molecule has 6 rings (SSSR count). The molecular weight excluding hydrogens is 866 g/mol. The van der Waals surface area contributed by atoms with Crippen molar-refractivity contribution in [2.75, 3.05) is 13.1 Å². The number of alkyl halides is 8. The molecule has 1 amide bonds. The monoisotopic (exact) mass is 906 g/mol. The van der Waals surface area contributed by atoms with Gasteiger partial charge < -0.3 is 10.1 Å². The van der Waals surface area contributed by atoms with Crippen molar-refractivity contribution in [2.24, 2.45) is 0 Å². The van der Waals surface area contributed by atoms with Crippen LogP contribution in [0, 0.1) is 11.6 Å². The quantitative estimate of drug-likeness (QED) is 0.155. The highest BCUT2D eigenvalue weighted by Crippen LogP contribution is 2.31. The molecule has 4 aromatic rings. The number of ether oxygens (including phenoxy) is 1. The van der Waals surface area contributed by atoms with Crippen LogP contribution >= 0.6 is 12.4 Å². The zero-order valence-electron chi connectivity index (χ0n) is 33.3. The molecule has 2 aromatic carbocycles. The Kier molecular flexibility index (Phi) is 16.2. The third-order valence-corrected chi connectivity index (χ3v) is 9.49. The SMILES string of the molecule is CC(C)(C)OC(=O)N1CC[C@H](F)[C@H]1C(=O)CCc1cc(F)cc(-c2cnc(C(F)(F)F)cn2)c1.Cl.O=C(CCc1cc(F)cc(-c2cnc(C(F)(F)F)cn2)c1)[C@H]1NCC[C@@H]1F. The van der Waals surface area contributed by atoms with Crippen LogP contribution in [0.1, 0.15) is 69.0 Å². The highest BCUT2D eigenvalue weighted by atomic mass is 35.5. The second-order valence-electron chi connectivity index (χ2n) is 15.4. The van der Waals surface area contributed by atoms with Crippen LogP contribution in [0.15, 0.2) is 61.2 Å². The van der Waals surface area contributed by atoms with Gasteiger partial charge in [0.1, 0.15) is 35.6 Å². The maximum Gasteiger partial charge on any atom is 0.434 e. The van der Waals surface area contributed by atoms with Crippen molar-refractivity contribution in [3.63, 3.8) is 0 Å². The highest BCUT2D eigenvalue weighted by Gasteiger charge is 2.43. The van der Waals surface area contributed by atoms with E-state index < -0.39 is 77.3 Å². The molecule has 0 unspecified atom stereocenters. The van der Waals surface area contributed by atoms with Crippen LogP contribution in [-0.2, 0) is 39.5 Å². The summed E-state index contributed by atoms with van der Waals surface area (Å²) in [6.45, 7) is 5.46. The third-order valence-electron chi connectivity index (χ3n) is 9.49. The molecule has 1 N–H and O–H groups in total. The molecule has 2 aliphatic heterocycles. The first kappa shape index (κ1) is 49.4. The van der Waals surface area contributed by atoms with Gasteiger partial charge in [-0.1, -0.05) is 0 Å². The van der Waals surface area contributed by atoms with Gasteiger partial charge in [0.05, 0.1) is 42.2 Å². The van der Waals surface area contributed by atoms with E-state index in [-0.39, 0.29) is 85.8 Å². The van der Waals surface area contributed by atoms with E-state index in [1.54, 1.807) is 20.8 Å². The zero-order chi connectivity index (χ0) is 44.9. The molecule has 2 aromatic heterocycles. The minimum absolute atomic E-state index is 0. The summed E-state index contributed by atoms with van der Waals surface area (Å²) in [6.07, 6.45) is -9.50. The fourth-order valence-electron chi connectivity index (χ4n) is 6.61. The van der Waals surface area contributed by atoms with Crippen molar-refractivity contribution in [1.82, 2.24) is 30.2 Å². The van der Waals surface area contributed by atoms with Crippen molar-refractivity contribution < 1.29 is 63.0 Å². The number of hydrogen-bond acceptors (Lipinski definition) is 9. The van der Waals surface area contributed by atoms with Crippen LogP contribution in [0.2, 0.25) is 0 Å². The van der Waals surface area contributed by atoms with Crippen molar-refractivity contribution in [1.29, 1.82) is 0 Å². The second-order valence-corrected chi connectivity index (χ2v) is 15.4. The van der Waals surface area contributed by atoms with Gasteiger partial charge in [-0.25, -0.2) is 32.3 Å². The van der Waals surface area contributed by atoms with Gasteiger partial charge in [0.25, 0.3) is 0 Å². The van der Waals surface area contributed by atoms with Gasteiger partial charge in [-0.3, -0.25) is 24.5 Å². The van der Waals surface area contributed by atoms with Crippen molar-refractivity contribution >= 4 is 30.1 Å². The molecule has 0 aliphatic carbocycles. The van der Waals surface area contributed by atoms with Crippen LogP contribution in [-0.4, -0.2) is 85.6 Å². The molecule has 0 bridgehead atoms. The first-order valence-corrected chi connectivity index (χ1v) is 18.9. The molecule has 2 fully saturated rings. The Morgan fingerprint density at radius 3 is 1.58 bits per heavy atom. The fraction of sp³-hybridized carbons (Fsp3) is 0.439. The number of nitrogens with one attached hydrogen (secondary N) is 1. The van der Waals surface area contributed by atoms with Crippen LogP contribution in [0.3, 0.4) is 0 Å². The molecule has 21 heteroatoms. The fourth-order valence-corrected chi connectivity index (χ4v) is 6.61. The first-order valence-electron chi connectivity index (χ1n) is 18.9. The highest BCUT2D eigenvalue weighted by molar-refractivity contribution is 5.89. The van der Waals surface area contributed by atoms with Crippen molar-refractivity contribution in [3.05, 3.63) is 95.3 Å². The summed E-state index contributed by atoms with van der Waals surface area (Å²) in [7, 11) is 0. The van der Waals surface area contributed by atoms with Crippen LogP contribution < -0.4 is 5.32 Å². The summed E-state index contributed by atoms with van der Waals surface area (Å²) in [6, 6.07) is 5.48. The smallest absolute Gasteiger partial charge is 0.434 e. The number of carbonyl (C=O) groups is 3. The summed E-state index contributed by atoms with van der Waals surface area (Å²) in [5.74, 6) is -2.11. The standard InChI is InChI=1S/C23H24F5N3O3.C18H16F5N3O.ClH/c1-22(2,3)34-21(33)31-7-6-16(25)20(31)18(32)5-4-13-8-14(10-15(24)9-13)17-11-30-19(12-29-17)23(26,27)28;19-12-6-10(1-2-15(27)17-13(20)3-4-24-17)5-11(7-12)14-8-26-16(9-25-14)18(21,22)23;/h8-12,16,20H,4-7H2,1-3H3;5-9,13,17,24H,1-4H2;1H/t16-,20-;13-,17-;/m00./s1. The predicted molar refractivity (Wildman–Crippen MR) is 206 cm³/mol. The Morgan fingerprint density at radius 1 is 0.694 bits per heavy atom. The number of hydrogen-bond donors (Lipinski definition) is 1. The van der Waals surface area contributed by atoms with E-state index in [1.165, 1.54) is 24.3 Å². The van der Waals surface area contributed by atoms with Gasteiger partial charge in [-0.05, 0) is 101 Å². The summed E-state index contributed by atoms with van der Waals surface area (Å²) in [5, 5.41) is 2.80. The molecule has 4 heterocycles. The molecule has 2 aliphatic rings. The van der Waals surface area contributed by atoms with Crippen molar-refractivity contribution in [3.8, 4) is 22.5 Å². The molecule has 0 radical (unpaired) electrons. The minimum atomic E-state index is -4.65. The Labute approximate surface area is 355 Å². The number of carbonyl (C=O) groups excluding carboxylic acids is 3. The summed E-state index contributed by atoms with van der Waals surface area (Å²) < 4.78 is 137. The lowest BCUT2D eigenvalue weighted by Gasteiger charge is -2.28. The molecule has 336 valence electrons. The van der Waals surface area contributed by atoms with E-state index in [0.29, 0.717) is 30.1 Å². The molecule has 10 nitrogen and oxygen atoms in total. The number of ketones is 2. The van der Waals surface area contributed by atoms with E-state index in [9.17, 15) is 58.3 Å². The van der Waals surface area contributed by atoms with Gasteiger partial charge in [-0.15, -0.1) is 12.4 Å². The number of benzene rings is 2. The Balaban J connectivity index is 0.000000275. The number of rotatable bonds is 10. The van der Waals surface area contributed by atoms with Crippen LogP contribution in [0.25, 0.3) is 22.5 Å². The maximum atomic E-state index is 14.4. The molecule has 0 spiro atoms. The molecular formula is C41H41ClF10N6O4. The van der Waals surface area contributed by atoms with Gasteiger partial charge in [0.2, 0.25) is 0 Å². The number of amides is 1. The van der Waals surface area contributed by atoms with Gasteiger partial charge in [-0.2, -0.15) is 26.3 Å². The summed E-state index contributed by atoms with van der Waals surface area (Å²) in [5.41, 5.74) is -1.76. The van der Waals surface area contributed by atoms with E-state index >= 15 is 0 Å². The Morgan fingerprint density at radius 2 is 1.18 bits per heavy atom. The zero-order valence-corrected chi connectivity index (χ0v) is 34.1. The average molecular weight is 907 g/mol. The third kappa shape index (κ3) is 13.4. The molecule has 62 heavy (non-hydrogen) atoms. The van der Waals surface area contributed by atoms with Crippen LogP contribution in [0.4, 0.5) is 48.7 Å². The lowest BCUT2D eigenvalue weighted by Crippen LogP contribution is -2.46. The number of halogens is 11. The maximum absolute atomic E-state index is 14.4. The van der Waals surface area contributed by atoms with Gasteiger partial charge in [0.15, 0.2) is 23.0 Å².